The fourth-order valence-corrected chi connectivity index (χ4v) is 2.71. The molecule has 27 heavy (non-hydrogen) atoms. The second-order valence-electron chi connectivity index (χ2n) is 7.49. The van der Waals surface area contributed by atoms with Crippen molar-refractivity contribution in [1.82, 2.24) is 20.4 Å². The van der Waals surface area contributed by atoms with E-state index < -0.39 is 0 Å². The summed E-state index contributed by atoms with van der Waals surface area (Å²) in [4.78, 5) is 20.2. The van der Waals surface area contributed by atoms with Gasteiger partial charge in [-0.3, -0.25) is 9.69 Å². The van der Waals surface area contributed by atoms with E-state index in [1.807, 2.05) is 0 Å². The molecule has 0 aromatic carbocycles. The van der Waals surface area contributed by atoms with E-state index in [1.165, 1.54) is 12.8 Å². The number of hydrogen-bond acceptors (Lipinski definition) is 5. The molecule has 0 bridgehead atoms. The third-order valence-electron chi connectivity index (χ3n) is 4.73. The van der Waals surface area contributed by atoms with Gasteiger partial charge in [-0.2, -0.15) is 0 Å². The standard InChI is InChI=1S/C19H37N5O3/c1-23(2)18(25)15-22-19(21-8-4-12-27-16-17-5-6-17)20-7-3-9-24-10-13-26-14-11-24/h17H,3-16H2,1-2H3,(H2,20,21,22). The van der Waals surface area contributed by atoms with Crippen LogP contribution >= 0.6 is 0 Å². The maximum atomic E-state index is 11.8. The van der Waals surface area contributed by atoms with Crippen molar-refractivity contribution in [3.63, 3.8) is 0 Å². The Labute approximate surface area is 163 Å². The van der Waals surface area contributed by atoms with Gasteiger partial charge in [-0.1, -0.05) is 0 Å². The quantitative estimate of drug-likeness (QED) is 0.284. The highest BCUT2D eigenvalue weighted by atomic mass is 16.5. The van der Waals surface area contributed by atoms with E-state index in [0.29, 0.717) is 5.96 Å². The number of amides is 1. The van der Waals surface area contributed by atoms with Gasteiger partial charge < -0.3 is 25.0 Å². The van der Waals surface area contributed by atoms with E-state index in [9.17, 15) is 4.79 Å². The molecule has 8 heteroatoms. The van der Waals surface area contributed by atoms with Crippen LogP contribution in [-0.4, -0.2) is 101 Å². The average Bonchev–Trinajstić information content (AvgIpc) is 3.50. The van der Waals surface area contributed by atoms with Crippen molar-refractivity contribution in [3.05, 3.63) is 0 Å². The van der Waals surface area contributed by atoms with Crippen molar-refractivity contribution in [2.24, 2.45) is 10.9 Å². The summed E-state index contributed by atoms with van der Waals surface area (Å²) < 4.78 is 11.0. The van der Waals surface area contributed by atoms with Gasteiger partial charge in [0, 0.05) is 53.5 Å². The highest BCUT2D eigenvalue weighted by Crippen LogP contribution is 2.28. The first kappa shape index (κ1) is 21.9. The summed E-state index contributed by atoms with van der Waals surface area (Å²) in [6.45, 7) is 8.18. The van der Waals surface area contributed by atoms with Crippen LogP contribution in [0.1, 0.15) is 25.7 Å². The van der Waals surface area contributed by atoms with Crippen LogP contribution in [0, 0.1) is 5.92 Å². The van der Waals surface area contributed by atoms with Crippen molar-refractivity contribution in [2.75, 3.05) is 79.8 Å². The summed E-state index contributed by atoms with van der Waals surface area (Å²) in [5, 5.41) is 6.65. The van der Waals surface area contributed by atoms with Crippen molar-refractivity contribution >= 4 is 11.9 Å². The molecule has 156 valence electrons. The molecule has 1 amide bonds. The molecular formula is C19H37N5O3. The Morgan fingerprint density at radius 1 is 1.19 bits per heavy atom. The van der Waals surface area contributed by atoms with Gasteiger partial charge >= 0.3 is 0 Å². The first-order chi connectivity index (χ1) is 13.1. The van der Waals surface area contributed by atoms with Crippen molar-refractivity contribution in [2.45, 2.75) is 25.7 Å². The number of nitrogens with zero attached hydrogens (tertiary/aromatic N) is 3. The third kappa shape index (κ3) is 10.5. The van der Waals surface area contributed by atoms with Crippen molar-refractivity contribution in [1.29, 1.82) is 0 Å². The van der Waals surface area contributed by atoms with Crippen LogP contribution in [0.4, 0.5) is 0 Å². The zero-order valence-corrected chi connectivity index (χ0v) is 17.0. The summed E-state index contributed by atoms with van der Waals surface area (Å²) in [6.07, 6.45) is 4.61. The molecule has 2 rings (SSSR count). The SMILES string of the molecule is CN(C)C(=O)CN=C(NCCCOCC1CC1)NCCCN1CCOCC1. The van der Waals surface area contributed by atoms with Crippen molar-refractivity contribution < 1.29 is 14.3 Å². The molecule has 0 aromatic heterocycles. The van der Waals surface area contributed by atoms with E-state index in [-0.39, 0.29) is 12.5 Å². The summed E-state index contributed by atoms with van der Waals surface area (Å²) in [5.74, 6) is 1.51. The number of morpholine rings is 1. The Morgan fingerprint density at radius 2 is 1.89 bits per heavy atom. The molecule has 0 spiro atoms. The first-order valence-corrected chi connectivity index (χ1v) is 10.3. The molecule has 1 heterocycles. The fraction of sp³-hybridized carbons (Fsp3) is 0.895. The smallest absolute Gasteiger partial charge is 0.243 e. The molecule has 2 aliphatic rings. The van der Waals surface area contributed by atoms with Gasteiger partial charge in [-0.05, 0) is 38.1 Å². The van der Waals surface area contributed by atoms with Gasteiger partial charge in [-0.25, -0.2) is 4.99 Å². The summed E-state index contributed by atoms with van der Waals surface area (Å²) >= 11 is 0. The molecule has 0 radical (unpaired) electrons. The number of hydrogen-bond donors (Lipinski definition) is 2. The van der Waals surface area contributed by atoms with Gasteiger partial charge in [0.1, 0.15) is 6.54 Å². The summed E-state index contributed by atoms with van der Waals surface area (Å²) in [6, 6.07) is 0. The van der Waals surface area contributed by atoms with Gasteiger partial charge in [-0.15, -0.1) is 0 Å². The van der Waals surface area contributed by atoms with Crippen LogP contribution in [0.5, 0.6) is 0 Å². The number of rotatable bonds is 12. The zero-order valence-electron chi connectivity index (χ0n) is 17.0. The fourth-order valence-electron chi connectivity index (χ4n) is 2.71. The lowest BCUT2D eigenvalue weighted by molar-refractivity contribution is -0.127. The maximum Gasteiger partial charge on any atom is 0.243 e. The van der Waals surface area contributed by atoms with E-state index >= 15 is 0 Å². The van der Waals surface area contributed by atoms with Crippen LogP contribution < -0.4 is 10.6 Å². The lowest BCUT2D eigenvalue weighted by Crippen LogP contribution is -2.41. The number of carbonyl (C=O) groups is 1. The minimum atomic E-state index is -0.00261. The molecule has 8 nitrogen and oxygen atoms in total. The molecule has 0 atom stereocenters. The molecule has 2 fully saturated rings. The molecule has 0 aromatic rings. The average molecular weight is 384 g/mol. The highest BCUT2D eigenvalue weighted by molar-refractivity contribution is 5.84. The monoisotopic (exact) mass is 383 g/mol. The minimum absolute atomic E-state index is 0.00261. The number of nitrogens with one attached hydrogen (secondary N) is 2. The lowest BCUT2D eigenvalue weighted by atomic mass is 10.3. The van der Waals surface area contributed by atoms with Gasteiger partial charge in [0.2, 0.25) is 5.91 Å². The molecule has 0 unspecified atom stereocenters. The lowest BCUT2D eigenvalue weighted by Gasteiger charge is -2.26. The molecule has 1 aliphatic heterocycles. The zero-order chi connectivity index (χ0) is 19.3. The molecule has 1 saturated carbocycles. The Bertz CT molecular complexity index is 449. The van der Waals surface area contributed by atoms with Gasteiger partial charge in [0.05, 0.1) is 13.2 Å². The predicted molar refractivity (Wildman–Crippen MR) is 107 cm³/mol. The Balaban J connectivity index is 1.62. The summed E-state index contributed by atoms with van der Waals surface area (Å²) in [5.41, 5.74) is 0. The number of carbonyl (C=O) groups excluding carboxylic acids is 1. The van der Waals surface area contributed by atoms with E-state index in [0.717, 1.165) is 77.9 Å². The highest BCUT2D eigenvalue weighted by Gasteiger charge is 2.20. The predicted octanol–water partition coefficient (Wildman–Crippen LogP) is 0.149. The number of guanidine groups is 1. The maximum absolute atomic E-state index is 11.8. The summed E-state index contributed by atoms with van der Waals surface area (Å²) in [7, 11) is 3.50. The van der Waals surface area contributed by atoms with Crippen LogP contribution in [0.25, 0.3) is 0 Å². The van der Waals surface area contributed by atoms with Crippen molar-refractivity contribution in [3.8, 4) is 0 Å². The molecule has 1 saturated heterocycles. The van der Waals surface area contributed by atoms with Gasteiger partial charge in [0.25, 0.3) is 0 Å². The molecule has 2 N–H and O–H groups in total. The normalized spacial score (nSPS) is 18.4. The second kappa shape index (κ2) is 12.9. The molecular weight excluding hydrogens is 346 g/mol. The van der Waals surface area contributed by atoms with Gasteiger partial charge in [0.15, 0.2) is 5.96 Å². The Morgan fingerprint density at radius 3 is 2.56 bits per heavy atom. The second-order valence-corrected chi connectivity index (χ2v) is 7.49. The number of ether oxygens (including phenoxy) is 2. The molecule has 1 aliphatic carbocycles. The van der Waals surface area contributed by atoms with Crippen LogP contribution in [0.2, 0.25) is 0 Å². The Kier molecular flexibility index (Phi) is 10.5. The van der Waals surface area contributed by atoms with E-state index in [2.05, 4.69) is 20.5 Å². The minimum Gasteiger partial charge on any atom is -0.381 e. The largest absolute Gasteiger partial charge is 0.381 e. The van der Waals surface area contributed by atoms with Crippen LogP contribution in [-0.2, 0) is 14.3 Å². The van der Waals surface area contributed by atoms with Crippen LogP contribution in [0.3, 0.4) is 0 Å². The van der Waals surface area contributed by atoms with E-state index in [1.54, 1.807) is 19.0 Å². The third-order valence-corrected chi connectivity index (χ3v) is 4.73. The van der Waals surface area contributed by atoms with E-state index in [4.69, 9.17) is 9.47 Å². The Hall–Kier alpha value is -1.38. The number of aliphatic imine (C=N–C) groups is 1. The first-order valence-electron chi connectivity index (χ1n) is 10.3. The topological polar surface area (TPSA) is 78.4 Å². The number of likely N-dealkylation sites (N-methyl/N-ethyl adjacent to an activating group) is 1. The van der Waals surface area contributed by atoms with Crippen LogP contribution in [0.15, 0.2) is 4.99 Å².